The van der Waals surface area contributed by atoms with Crippen LogP contribution in [0.15, 0.2) is 54.7 Å². The number of halogens is 1. The number of nitrogens with zero attached hydrogens (tertiary/aromatic N) is 4. The van der Waals surface area contributed by atoms with Crippen molar-refractivity contribution in [2.45, 2.75) is 13.8 Å². The predicted octanol–water partition coefficient (Wildman–Crippen LogP) is 4.60. The lowest BCUT2D eigenvalue weighted by atomic mass is 10.1. The monoisotopic (exact) mass is 454 g/mol. The Kier molecular flexibility index (Phi) is 4.28. The largest absolute Gasteiger partial charge is 0.293 e. The average molecular weight is 454 g/mol. The molecule has 3 heterocycles. The summed E-state index contributed by atoms with van der Waals surface area (Å²) in [6.45, 7) is 3.49. The van der Waals surface area contributed by atoms with Gasteiger partial charge in [0, 0.05) is 27.1 Å². The molecule has 0 saturated carbocycles. The minimum absolute atomic E-state index is 0.0448. The molecule has 3 aromatic heterocycles. The molecule has 0 aliphatic heterocycles. The highest BCUT2D eigenvalue weighted by atomic mass is 127. The van der Waals surface area contributed by atoms with Crippen molar-refractivity contribution in [3.63, 3.8) is 0 Å². The first-order valence-corrected chi connectivity index (χ1v) is 9.20. The molecule has 0 bridgehead atoms. The summed E-state index contributed by atoms with van der Waals surface area (Å²) in [4.78, 5) is 20.7. The molecule has 0 saturated heterocycles. The summed E-state index contributed by atoms with van der Waals surface area (Å²) >= 11 is 2.30. The molecule has 1 aromatic carbocycles. The lowest BCUT2D eigenvalue weighted by Gasteiger charge is -2.07. The number of Topliss-reactive ketones (excluding diaryl/α,β-unsaturated/α-hetero) is 1. The molecule has 4 rings (SSSR count). The first-order chi connectivity index (χ1) is 12.5. The molecule has 0 unspecified atom stereocenters. The molecule has 128 valence electrons. The van der Waals surface area contributed by atoms with Gasteiger partial charge in [0.25, 0.3) is 0 Å². The Labute approximate surface area is 164 Å². The fourth-order valence-electron chi connectivity index (χ4n) is 2.85. The Morgan fingerprint density at radius 2 is 1.88 bits per heavy atom. The first kappa shape index (κ1) is 16.8. The molecule has 26 heavy (non-hydrogen) atoms. The zero-order valence-electron chi connectivity index (χ0n) is 14.3. The number of fused-ring (bicyclic) bond motifs is 1. The van der Waals surface area contributed by atoms with E-state index in [0.29, 0.717) is 5.69 Å². The zero-order valence-corrected chi connectivity index (χ0v) is 16.4. The van der Waals surface area contributed by atoms with E-state index >= 15 is 0 Å². The van der Waals surface area contributed by atoms with Gasteiger partial charge in [-0.15, -0.1) is 0 Å². The van der Waals surface area contributed by atoms with Gasteiger partial charge in [-0.05, 0) is 65.9 Å². The molecule has 0 spiro atoms. The van der Waals surface area contributed by atoms with Crippen LogP contribution in [0.3, 0.4) is 0 Å². The SMILES string of the molecule is CC(=O)c1cccc(-c2cc(I)c3cnn(-c4cccc(C)n4)c3c2)n1. The minimum atomic E-state index is -0.0448. The molecule has 0 aliphatic carbocycles. The number of pyridine rings is 2. The molecule has 0 atom stereocenters. The van der Waals surface area contributed by atoms with Crippen LogP contribution in [0, 0.1) is 10.5 Å². The Balaban J connectivity index is 1.92. The van der Waals surface area contributed by atoms with Crippen molar-refractivity contribution < 1.29 is 4.79 Å². The fourth-order valence-corrected chi connectivity index (χ4v) is 3.60. The van der Waals surface area contributed by atoms with Gasteiger partial charge in [-0.1, -0.05) is 12.1 Å². The van der Waals surface area contributed by atoms with Gasteiger partial charge in [0.15, 0.2) is 11.6 Å². The lowest BCUT2D eigenvalue weighted by molar-refractivity contribution is 0.101. The Hall–Kier alpha value is -2.61. The van der Waals surface area contributed by atoms with Gasteiger partial charge >= 0.3 is 0 Å². The van der Waals surface area contributed by atoms with E-state index in [1.807, 2.05) is 54.2 Å². The normalized spacial score (nSPS) is 11.0. The third-order valence-corrected chi connectivity index (χ3v) is 5.03. The van der Waals surface area contributed by atoms with Gasteiger partial charge in [0.05, 0.1) is 17.4 Å². The van der Waals surface area contributed by atoms with Crippen LogP contribution in [0.4, 0.5) is 0 Å². The van der Waals surface area contributed by atoms with E-state index in [9.17, 15) is 4.79 Å². The Morgan fingerprint density at radius 3 is 2.65 bits per heavy atom. The number of aryl methyl sites for hydroxylation is 1. The smallest absolute Gasteiger partial charge is 0.178 e. The fraction of sp³-hybridized carbons (Fsp3) is 0.100. The van der Waals surface area contributed by atoms with Crippen LogP contribution in [0.1, 0.15) is 23.1 Å². The molecule has 0 fully saturated rings. The second-order valence-corrected chi connectivity index (χ2v) is 7.21. The maximum absolute atomic E-state index is 11.7. The van der Waals surface area contributed by atoms with E-state index in [-0.39, 0.29) is 5.78 Å². The van der Waals surface area contributed by atoms with E-state index in [4.69, 9.17) is 0 Å². The second kappa shape index (κ2) is 6.60. The summed E-state index contributed by atoms with van der Waals surface area (Å²) in [6.07, 6.45) is 1.85. The highest BCUT2D eigenvalue weighted by Gasteiger charge is 2.13. The standard InChI is InChI=1S/C20H15IN4O/c1-12-5-3-8-20(23-12)25-19-10-14(9-16(21)15(19)11-22-25)18-7-4-6-17(24-18)13(2)26/h3-11H,1-2H3. The molecule has 4 aromatic rings. The van der Waals surface area contributed by atoms with Crippen molar-refractivity contribution in [2.24, 2.45) is 0 Å². The molecule has 0 N–H and O–H groups in total. The maximum Gasteiger partial charge on any atom is 0.178 e. The van der Waals surface area contributed by atoms with Crippen molar-refractivity contribution in [1.29, 1.82) is 0 Å². The molecule has 0 amide bonds. The summed E-state index contributed by atoms with van der Waals surface area (Å²) in [5, 5.41) is 5.58. The maximum atomic E-state index is 11.7. The van der Waals surface area contributed by atoms with Crippen molar-refractivity contribution in [1.82, 2.24) is 19.7 Å². The third kappa shape index (κ3) is 3.01. The van der Waals surface area contributed by atoms with Crippen LogP contribution < -0.4 is 0 Å². The summed E-state index contributed by atoms with van der Waals surface area (Å²) in [7, 11) is 0. The quantitative estimate of drug-likeness (QED) is 0.336. The number of hydrogen-bond donors (Lipinski definition) is 0. The van der Waals surface area contributed by atoms with Crippen molar-refractivity contribution in [3.05, 3.63) is 69.7 Å². The van der Waals surface area contributed by atoms with E-state index in [0.717, 1.165) is 37.2 Å². The van der Waals surface area contributed by atoms with Gasteiger partial charge in [-0.3, -0.25) is 4.79 Å². The zero-order chi connectivity index (χ0) is 18.3. The third-order valence-electron chi connectivity index (χ3n) is 4.13. The number of ketones is 1. The van der Waals surface area contributed by atoms with Crippen molar-refractivity contribution >= 4 is 39.3 Å². The summed E-state index contributed by atoms with van der Waals surface area (Å²) in [5.41, 5.74) is 4.07. The van der Waals surface area contributed by atoms with Crippen LogP contribution in [-0.4, -0.2) is 25.5 Å². The number of rotatable bonds is 3. The van der Waals surface area contributed by atoms with Crippen LogP contribution in [0.2, 0.25) is 0 Å². The van der Waals surface area contributed by atoms with Gasteiger partial charge < -0.3 is 0 Å². The summed E-state index contributed by atoms with van der Waals surface area (Å²) < 4.78 is 2.91. The number of carbonyl (C=O) groups excluding carboxylic acids is 1. The summed E-state index contributed by atoms with van der Waals surface area (Å²) in [5.74, 6) is 0.732. The lowest BCUT2D eigenvalue weighted by Crippen LogP contribution is -2.01. The van der Waals surface area contributed by atoms with Crippen LogP contribution >= 0.6 is 22.6 Å². The van der Waals surface area contributed by atoms with E-state index in [1.54, 1.807) is 6.07 Å². The average Bonchev–Trinajstić information content (AvgIpc) is 3.06. The van der Waals surface area contributed by atoms with Gasteiger partial charge in [-0.2, -0.15) is 5.10 Å². The van der Waals surface area contributed by atoms with Crippen molar-refractivity contribution in [2.75, 3.05) is 0 Å². The van der Waals surface area contributed by atoms with E-state index < -0.39 is 0 Å². The van der Waals surface area contributed by atoms with Crippen LogP contribution in [0.5, 0.6) is 0 Å². The number of carbonyl (C=O) groups is 1. The minimum Gasteiger partial charge on any atom is -0.293 e. The molecular weight excluding hydrogens is 439 g/mol. The highest BCUT2D eigenvalue weighted by molar-refractivity contribution is 14.1. The van der Waals surface area contributed by atoms with Gasteiger partial charge in [-0.25, -0.2) is 14.6 Å². The van der Waals surface area contributed by atoms with E-state index in [1.165, 1.54) is 6.92 Å². The Bertz CT molecular complexity index is 1150. The number of aromatic nitrogens is 4. The Morgan fingerprint density at radius 1 is 1.08 bits per heavy atom. The van der Waals surface area contributed by atoms with Gasteiger partial charge in [0.1, 0.15) is 5.69 Å². The molecule has 5 nitrogen and oxygen atoms in total. The predicted molar refractivity (Wildman–Crippen MR) is 110 cm³/mol. The molecular formula is C20H15IN4O. The molecule has 6 heteroatoms. The topological polar surface area (TPSA) is 60.7 Å². The van der Waals surface area contributed by atoms with Crippen molar-refractivity contribution in [3.8, 4) is 17.1 Å². The summed E-state index contributed by atoms with van der Waals surface area (Å²) in [6, 6.07) is 15.5. The number of benzene rings is 1. The van der Waals surface area contributed by atoms with Crippen LogP contribution in [-0.2, 0) is 0 Å². The number of hydrogen-bond acceptors (Lipinski definition) is 4. The second-order valence-electron chi connectivity index (χ2n) is 6.05. The van der Waals surface area contributed by atoms with Gasteiger partial charge in [0.2, 0.25) is 0 Å². The molecule has 0 aliphatic rings. The first-order valence-electron chi connectivity index (χ1n) is 8.12. The highest BCUT2D eigenvalue weighted by Crippen LogP contribution is 2.29. The molecule has 0 radical (unpaired) electrons. The van der Waals surface area contributed by atoms with E-state index in [2.05, 4.69) is 43.7 Å². The van der Waals surface area contributed by atoms with Crippen LogP contribution in [0.25, 0.3) is 28.0 Å².